The third kappa shape index (κ3) is 7.82. The molecule has 0 aliphatic heterocycles. The van der Waals surface area contributed by atoms with Gasteiger partial charge in [0.05, 0.1) is 24.2 Å². The lowest BCUT2D eigenvalue weighted by Gasteiger charge is -2.12. The highest BCUT2D eigenvalue weighted by molar-refractivity contribution is 7.11. The van der Waals surface area contributed by atoms with Crippen LogP contribution in [0.3, 0.4) is 0 Å². The second kappa shape index (κ2) is 9.33. The third-order valence-electron chi connectivity index (χ3n) is 2.66. The van der Waals surface area contributed by atoms with E-state index in [4.69, 9.17) is 0 Å². The molecule has 1 aromatic heterocycles. The topological polar surface area (TPSA) is 78.4 Å². The van der Waals surface area contributed by atoms with Gasteiger partial charge in [0.2, 0.25) is 0 Å². The lowest BCUT2D eigenvalue weighted by Crippen LogP contribution is -2.41. The lowest BCUT2D eigenvalue weighted by molar-refractivity contribution is -0.132. The van der Waals surface area contributed by atoms with Crippen LogP contribution in [-0.4, -0.2) is 49.2 Å². The highest BCUT2D eigenvalue weighted by atomic mass is 32.1. The Morgan fingerprint density at radius 1 is 1.30 bits per heavy atom. The van der Waals surface area contributed by atoms with E-state index in [0.717, 1.165) is 0 Å². The zero-order valence-corrected chi connectivity index (χ0v) is 13.8. The van der Waals surface area contributed by atoms with E-state index in [1.165, 1.54) is 11.3 Å². The highest BCUT2D eigenvalue weighted by Crippen LogP contribution is 2.18. The Bertz CT molecular complexity index is 530. The van der Waals surface area contributed by atoms with Gasteiger partial charge in [0.1, 0.15) is 4.88 Å². The fourth-order valence-electron chi connectivity index (χ4n) is 1.59. The zero-order valence-electron chi connectivity index (χ0n) is 13.0. The Hall–Kier alpha value is -1.84. The zero-order chi connectivity index (χ0) is 17.3. The van der Waals surface area contributed by atoms with Crippen molar-refractivity contribution in [3.63, 3.8) is 0 Å². The molecule has 0 saturated carbocycles. The molecule has 0 radical (unpaired) electrons. The number of hydrogen-bond acceptors (Lipinski definition) is 4. The van der Waals surface area contributed by atoms with E-state index in [-0.39, 0.29) is 12.5 Å². The molecule has 0 spiro atoms. The van der Waals surface area contributed by atoms with Crippen molar-refractivity contribution >= 4 is 23.2 Å². The number of halogens is 3. The number of thiazole rings is 1. The molecule has 0 aliphatic rings. The van der Waals surface area contributed by atoms with Gasteiger partial charge in [0, 0.05) is 19.6 Å². The summed E-state index contributed by atoms with van der Waals surface area (Å²) in [4.78, 5) is 20.2. The summed E-state index contributed by atoms with van der Waals surface area (Å²) in [7, 11) is 0. The molecule has 0 bridgehead atoms. The second-order valence-electron chi connectivity index (χ2n) is 4.58. The average Bonchev–Trinajstić information content (AvgIpc) is 2.88. The maximum absolute atomic E-state index is 12.1. The first-order valence-electron chi connectivity index (χ1n) is 7.10. The van der Waals surface area contributed by atoms with Gasteiger partial charge in [0.15, 0.2) is 5.96 Å². The normalized spacial score (nSPS) is 12.1. The summed E-state index contributed by atoms with van der Waals surface area (Å²) in [6.07, 6.45) is -5.19. The molecule has 0 atom stereocenters. The van der Waals surface area contributed by atoms with Gasteiger partial charge >= 0.3 is 6.18 Å². The molecule has 10 heteroatoms. The Morgan fingerprint density at radius 3 is 2.57 bits per heavy atom. The van der Waals surface area contributed by atoms with Crippen molar-refractivity contribution in [3.05, 3.63) is 16.1 Å². The van der Waals surface area contributed by atoms with E-state index in [0.29, 0.717) is 36.2 Å². The highest BCUT2D eigenvalue weighted by Gasteiger charge is 2.26. The Kier molecular flexibility index (Phi) is 7.79. The quantitative estimate of drug-likeness (QED) is 0.397. The van der Waals surface area contributed by atoms with Gasteiger partial charge in [0.25, 0.3) is 5.91 Å². The molecule has 0 aliphatic carbocycles. The van der Waals surface area contributed by atoms with Crippen LogP contribution in [0.1, 0.15) is 28.7 Å². The first-order valence-corrected chi connectivity index (χ1v) is 7.98. The molecule has 1 aromatic rings. The van der Waals surface area contributed by atoms with Gasteiger partial charge in [-0.2, -0.15) is 13.2 Å². The van der Waals surface area contributed by atoms with Gasteiger partial charge in [-0.1, -0.05) is 0 Å². The number of carbonyl (C=O) groups is 1. The van der Waals surface area contributed by atoms with Crippen LogP contribution in [0.25, 0.3) is 0 Å². The molecule has 0 fully saturated rings. The first kappa shape index (κ1) is 19.2. The molecular formula is C13H20F3N5OS. The van der Waals surface area contributed by atoms with E-state index in [2.05, 4.69) is 25.9 Å². The van der Waals surface area contributed by atoms with Gasteiger partial charge in [-0.25, -0.2) is 4.98 Å². The largest absolute Gasteiger partial charge is 0.390 e. The lowest BCUT2D eigenvalue weighted by atomic mass is 10.4. The summed E-state index contributed by atoms with van der Waals surface area (Å²) in [5, 5.41) is 8.42. The number of guanidine groups is 1. The van der Waals surface area contributed by atoms with Crippen molar-refractivity contribution < 1.29 is 18.0 Å². The van der Waals surface area contributed by atoms with E-state index in [1.807, 2.05) is 6.92 Å². The number of aliphatic imine (C=N–C) groups is 1. The number of nitrogens with zero attached hydrogens (tertiary/aromatic N) is 2. The minimum Gasteiger partial charge on any atom is -0.357 e. The number of hydrogen-bond donors (Lipinski definition) is 3. The second-order valence-corrected chi connectivity index (χ2v) is 5.43. The molecule has 0 aromatic carbocycles. The molecule has 1 rings (SSSR count). The SMILES string of the molecule is CCNC(=NCCC(F)(F)F)NCCNC(=O)c1scnc1C. The van der Waals surface area contributed by atoms with Gasteiger partial charge in [-0.15, -0.1) is 11.3 Å². The van der Waals surface area contributed by atoms with Crippen molar-refractivity contribution in [2.24, 2.45) is 4.99 Å². The van der Waals surface area contributed by atoms with Gasteiger partial charge in [-0.05, 0) is 13.8 Å². The number of aryl methyl sites for hydroxylation is 1. The first-order chi connectivity index (χ1) is 10.8. The number of amides is 1. The van der Waals surface area contributed by atoms with Crippen molar-refractivity contribution in [1.82, 2.24) is 20.9 Å². The molecule has 1 heterocycles. The number of aromatic nitrogens is 1. The molecule has 1 amide bonds. The van der Waals surface area contributed by atoms with Crippen LogP contribution in [-0.2, 0) is 0 Å². The molecule has 6 nitrogen and oxygen atoms in total. The van der Waals surface area contributed by atoms with E-state index >= 15 is 0 Å². The van der Waals surface area contributed by atoms with Gasteiger partial charge in [-0.3, -0.25) is 9.79 Å². The summed E-state index contributed by atoms with van der Waals surface area (Å²) in [5.41, 5.74) is 2.27. The molecular weight excluding hydrogens is 331 g/mol. The van der Waals surface area contributed by atoms with Crippen LogP contribution in [0.15, 0.2) is 10.5 Å². The number of alkyl halides is 3. The average molecular weight is 351 g/mol. The van der Waals surface area contributed by atoms with Crippen LogP contribution in [0, 0.1) is 6.92 Å². The maximum atomic E-state index is 12.1. The van der Waals surface area contributed by atoms with Crippen LogP contribution in [0.5, 0.6) is 0 Å². The minimum atomic E-state index is -4.22. The maximum Gasteiger partial charge on any atom is 0.390 e. The van der Waals surface area contributed by atoms with Crippen molar-refractivity contribution in [2.75, 3.05) is 26.2 Å². The standard InChI is InChI=1S/C13H20F3N5OS/c1-3-17-12(19-5-4-13(14,15)16)20-7-6-18-11(22)10-9(2)21-8-23-10/h8H,3-7H2,1-2H3,(H,18,22)(H2,17,19,20). The van der Waals surface area contributed by atoms with Crippen molar-refractivity contribution in [1.29, 1.82) is 0 Å². The monoisotopic (exact) mass is 351 g/mol. The molecule has 0 saturated heterocycles. The number of carbonyl (C=O) groups excluding carboxylic acids is 1. The number of rotatable bonds is 7. The minimum absolute atomic E-state index is 0.217. The van der Waals surface area contributed by atoms with Crippen molar-refractivity contribution in [3.8, 4) is 0 Å². The van der Waals surface area contributed by atoms with E-state index in [9.17, 15) is 18.0 Å². The number of nitrogens with one attached hydrogen (secondary N) is 3. The molecule has 3 N–H and O–H groups in total. The van der Waals surface area contributed by atoms with Crippen molar-refractivity contribution in [2.45, 2.75) is 26.4 Å². The summed E-state index contributed by atoms with van der Waals surface area (Å²) < 4.78 is 36.3. The van der Waals surface area contributed by atoms with Crippen LogP contribution >= 0.6 is 11.3 Å². The molecule has 23 heavy (non-hydrogen) atoms. The smallest absolute Gasteiger partial charge is 0.357 e. The fourth-order valence-corrected chi connectivity index (χ4v) is 2.31. The van der Waals surface area contributed by atoms with Crippen LogP contribution in [0.4, 0.5) is 13.2 Å². The Morgan fingerprint density at radius 2 is 2.00 bits per heavy atom. The summed E-state index contributed by atoms with van der Waals surface area (Å²) >= 11 is 1.26. The Balaban J connectivity index is 2.34. The fraction of sp³-hybridized carbons (Fsp3) is 0.615. The summed E-state index contributed by atoms with van der Waals surface area (Å²) in [6, 6.07) is 0. The van der Waals surface area contributed by atoms with E-state index < -0.39 is 12.6 Å². The summed E-state index contributed by atoms with van der Waals surface area (Å²) in [6.45, 7) is 4.42. The predicted octanol–water partition coefficient (Wildman–Crippen LogP) is 1.69. The predicted molar refractivity (Wildman–Crippen MR) is 83.8 cm³/mol. The molecule has 0 unspecified atom stereocenters. The van der Waals surface area contributed by atoms with Crippen LogP contribution < -0.4 is 16.0 Å². The van der Waals surface area contributed by atoms with Crippen LogP contribution in [0.2, 0.25) is 0 Å². The summed E-state index contributed by atoms with van der Waals surface area (Å²) in [5.74, 6) is 0.0748. The van der Waals surface area contributed by atoms with Gasteiger partial charge < -0.3 is 16.0 Å². The Labute approximate surface area is 136 Å². The molecule has 130 valence electrons. The third-order valence-corrected chi connectivity index (χ3v) is 3.59. The van der Waals surface area contributed by atoms with E-state index in [1.54, 1.807) is 12.4 Å².